The number of benzene rings is 1. The van der Waals surface area contributed by atoms with E-state index in [9.17, 15) is 0 Å². The van der Waals surface area contributed by atoms with Crippen LogP contribution in [0, 0.1) is 24.2 Å². The van der Waals surface area contributed by atoms with E-state index in [1.165, 1.54) is 11.9 Å². The average molecular weight is 226 g/mol. The summed E-state index contributed by atoms with van der Waals surface area (Å²) in [6.07, 6.45) is 1.54. The van der Waals surface area contributed by atoms with E-state index in [0.717, 1.165) is 16.7 Å². The van der Waals surface area contributed by atoms with Gasteiger partial charge in [0.05, 0.1) is 17.5 Å². The maximum Gasteiger partial charge on any atom is 0.137 e. The molecule has 1 aromatic carbocycles. The summed E-state index contributed by atoms with van der Waals surface area (Å²) in [4.78, 5) is 8.44. The average Bonchev–Trinajstić information content (AvgIpc) is 2.35. The van der Waals surface area contributed by atoms with Gasteiger partial charge in [-0.25, -0.2) is 9.97 Å². The molecule has 0 saturated carbocycles. The summed E-state index contributed by atoms with van der Waals surface area (Å²) in [6.45, 7) is 4.51. The fourth-order valence-electron chi connectivity index (χ4n) is 1.61. The van der Waals surface area contributed by atoms with E-state index >= 15 is 0 Å². The minimum absolute atomic E-state index is 0.0372. The lowest BCUT2D eigenvalue weighted by Crippen LogP contribution is -2.10. The van der Waals surface area contributed by atoms with Gasteiger partial charge in [-0.3, -0.25) is 0 Å². The van der Waals surface area contributed by atoms with Crippen LogP contribution in [0.3, 0.4) is 0 Å². The molecule has 0 bridgehead atoms. The van der Waals surface area contributed by atoms with Crippen LogP contribution in [-0.2, 0) is 0 Å². The second-order valence-corrected chi connectivity index (χ2v) is 4.15. The summed E-state index contributed by atoms with van der Waals surface area (Å²) < 4.78 is 0. The van der Waals surface area contributed by atoms with Crippen LogP contribution in [-0.4, -0.2) is 16.5 Å². The summed E-state index contributed by atoms with van der Waals surface area (Å²) in [6, 6.07) is 8.24. The molecule has 0 radical (unpaired) electrons. The summed E-state index contributed by atoms with van der Waals surface area (Å²) in [7, 11) is 0. The van der Waals surface area contributed by atoms with Gasteiger partial charge in [-0.05, 0) is 26.0 Å². The van der Waals surface area contributed by atoms with Crippen LogP contribution in [0.2, 0.25) is 0 Å². The third-order valence-corrected chi connectivity index (χ3v) is 2.59. The summed E-state index contributed by atoms with van der Waals surface area (Å²) in [5.74, 6) is 0.755. The summed E-state index contributed by atoms with van der Waals surface area (Å²) >= 11 is 0. The number of hydrogen-bond acceptors (Lipinski definition) is 4. The van der Waals surface area contributed by atoms with E-state index in [1.54, 1.807) is 0 Å². The Hall–Kier alpha value is -2.15. The lowest BCUT2D eigenvalue weighted by atomic mass is 10.1. The van der Waals surface area contributed by atoms with Crippen LogP contribution in [0.5, 0.6) is 0 Å². The Kier molecular flexibility index (Phi) is 3.20. The molecule has 2 aromatic rings. The molecule has 0 aliphatic carbocycles. The van der Waals surface area contributed by atoms with Gasteiger partial charge >= 0.3 is 0 Å². The van der Waals surface area contributed by atoms with Crippen molar-refractivity contribution in [2.24, 2.45) is 5.92 Å². The first-order valence-corrected chi connectivity index (χ1v) is 5.55. The zero-order valence-corrected chi connectivity index (χ0v) is 9.94. The fourth-order valence-corrected chi connectivity index (χ4v) is 1.61. The Labute approximate surface area is 100 Å². The molecule has 4 heteroatoms. The van der Waals surface area contributed by atoms with Gasteiger partial charge in [0.15, 0.2) is 0 Å². The second-order valence-electron chi connectivity index (χ2n) is 4.15. The third kappa shape index (κ3) is 2.51. The number of fused-ring (bicyclic) bond motifs is 1. The number of rotatable bonds is 3. The quantitative estimate of drug-likeness (QED) is 0.873. The van der Waals surface area contributed by atoms with E-state index < -0.39 is 0 Å². The molecule has 0 spiro atoms. The Morgan fingerprint density at radius 3 is 3.00 bits per heavy atom. The highest BCUT2D eigenvalue weighted by atomic mass is 15.0. The van der Waals surface area contributed by atoms with Gasteiger partial charge in [0.25, 0.3) is 0 Å². The SMILES string of the molecule is Cc1ccc2ncnc(NC[C@H](C)C#N)c2c1. The van der Waals surface area contributed by atoms with E-state index in [1.807, 2.05) is 26.0 Å². The van der Waals surface area contributed by atoms with Crippen molar-refractivity contribution in [3.8, 4) is 6.07 Å². The van der Waals surface area contributed by atoms with Gasteiger partial charge in [0, 0.05) is 11.9 Å². The van der Waals surface area contributed by atoms with Crippen LogP contribution >= 0.6 is 0 Å². The summed E-state index contributed by atoms with van der Waals surface area (Å²) in [5, 5.41) is 12.9. The monoisotopic (exact) mass is 226 g/mol. The molecule has 0 aliphatic rings. The van der Waals surface area contributed by atoms with Crippen LogP contribution in [0.4, 0.5) is 5.82 Å². The topological polar surface area (TPSA) is 61.6 Å². The van der Waals surface area contributed by atoms with Gasteiger partial charge in [0.1, 0.15) is 12.1 Å². The highest BCUT2D eigenvalue weighted by Crippen LogP contribution is 2.20. The smallest absolute Gasteiger partial charge is 0.137 e. The van der Waals surface area contributed by atoms with Crippen LogP contribution in [0.1, 0.15) is 12.5 Å². The molecule has 1 N–H and O–H groups in total. The highest BCUT2D eigenvalue weighted by Gasteiger charge is 2.05. The first-order chi connectivity index (χ1) is 8.20. The molecule has 86 valence electrons. The molecule has 4 nitrogen and oxygen atoms in total. The van der Waals surface area contributed by atoms with Crippen molar-refractivity contribution in [2.45, 2.75) is 13.8 Å². The number of anilines is 1. The lowest BCUT2D eigenvalue weighted by Gasteiger charge is -2.09. The molecule has 1 heterocycles. The predicted octanol–water partition coefficient (Wildman–Crippen LogP) is 2.51. The molecule has 2 rings (SSSR count). The fraction of sp³-hybridized carbons (Fsp3) is 0.308. The van der Waals surface area contributed by atoms with Crippen LogP contribution in [0.15, 0.2) is 24.5 Å². The third-order valence-electron chi connectivity index (χ3n) is 2.59. The minimum atomic E-state index is -0.0372. The van der Waals surface area contributed by atoms with Crippen molar-refractivity contribution in [3.63, 3.8) is 0 Å². The number of nitrogens with one attached hydrogen (secondary N) is 1. The van der Waals surface area contributed by atoms with Crippen molar-refractivity contribution in [1.82, 2.24) is 9.97 Å². The van der Waals surface area contributed by atoms with E-state index in [2.05, 4.69) is 27.4 Å². The van der Waals surface area contributed by atoms with E-state index in [0.29, 0.717) is 6.54 Å². The maximum atomic E-state index is 8.75. The number of nitriles is 1. The number of aryl methyl sites for hydroxylation is 1. The normalized spacial score (nSPS) is 12.1. The van der Waals surface area contributed by atoms with E-state index in [4.69, 9.17) is 5.26 Å². The summed E-state index contributed by atoms with van der Waals surface area (Å²) in [5.41, 5.74) is 2.08. The lowest BCUT2D eigenvalue weighted by molar-refractivity contribution is 0.783. The Bertz CT molecular complexity index is 571. The van der Waals surface area contributed by atoms with Crippen molar-refractivity contribution < 1.29 is 0 Å². The maximum absolute atomic E-state index is 8.75. The molecule has 1 atom stereocenters. The zero-order chi connectivity index (χ0) is 12.3. The highest BCUT2D eigenvalue weighted by molar-refractivity contribution is 5.89. The van der Waals surface area contributed by atoms with Crippen LogP contribution in [0.25, 0.3) is 10.9 Å². The van der Waals surface area contributed by atoms with Crippen molar-refractivity contribution in [3.05, 3.63) is 30.1 Å². The largest absolute Gasteiger partial charge is 0.368 e. The van der Waals surface area contributed by atoms with Crippen LogP contribution < -0.4 is 5.32 Å². The van der Waals surface area contributed by atoms with Crippen molar-refractivity contribution in [1.29, 1.82) is 5.26 Å². The van der Waals surface area contributed by atoms with Gasteiger partial charge in [-0.15, -0.1) is 0 Å². The molecular weight excluding hydrogens is 212 g/mol. The molecule has 0 saturated heterocycles. The Morgan fingerprint density at radius 1 is 1.41 bits per heavy atom. The standard InChI is InChI=1S/C13H14N4/c1-9-3-4-12-11(5-9)13(17-8-16-12)15-7-10(2)6-14/h3-5,8,10H,7H2,1-2H3,(H,15,16,17)/t10-/m1/s1. The predicted molar refractivity (Wildman–Crippen MR) is 67.5 cm³/mol. The first-order valence-electron chi connectivity index (χ1n) is 5.55. The first kappa shape index (κ1) is 11.3. The number of hydrogen-bond donors (Lipinski definition) is 1. The number of aromatic nitrogens is 2. The Morgan fingerprint density at radius 2 is 2.24 bits per heavy atom. The van der Waals surface area contributed by atoms with Gasteiger partial charge in [-0.1, -0.05) is 11.6 Å². The van der Waals surface area contributed by atoms with Crippen molar-refractivity contribution in [2.75, 3.05) is 11.9 Å². The molecule has 0 unspecified atom stereocenters. The minimum Gasteiger partial charge on any atom is -0.368 e. The van der Waals surface area contributed by atoms with Gasteiger partial charge < -0.3 is 5.32 Å². The molecular formula is C13H14N4. The molecule has 0 amide bonds. The zero-order valence-electron chi connectivity index (χ0n) is 9.94. The Balaban J connectivity index is 2.34. The van der Waals surface area contributed by atoms with E-state index in [-0.39, 0.29) is 5.92 Å². The van der Waals surface area contributed by atoms with Gasteiger partial charge in [-0.2, -0.15) is 5.26 Å². The number of nitrogens with zero attached hydrogens (tertiary/aromatic N) is 3. The molecule has 17 heavy (non-hydrogen) atoms. The molecule has 0 fully saturated rings. The molecule has 0 aliphatic heterocycles. The van der Waals surface area contributed by atoms with Gasteiger partial charge in [0.2, 0.25) is 0 Å². The second kappa shape index (κ2) is 4.79. The van der Waals surface area contributed by atoms with Crippen molar-refractivity contribution >= 4 is 16.7 Å². The molecule has 1 aromatic heterocycles.